The summed E-state index contributed by atoms with van der Waals surface area (Å²) in [5.74, 6) is -0.581. The molecule has 118 valence electrons. The van der Waals surface area contributed by atoms with Gasteiger partial charge in [0.05, 0.1) is 17.3 Å². The van der Waals surface area contributed by atoms with Crippen LogP contribution in [0.4, 0.5) is 0 Å². The van der Waals surface area contributed by atoms with E-state index < -0.39 is 0 Å². The van der Waals surface area contributed by atoms with Crippen molar-refractivity contribution in [3.05, 3.63) is 41.2 Å². The molecule has 2 aromatic carbocycles. The van der Waals surface area contributed by atoms with E-state index in [-0.39, 0.29) is 18.4 Å². The van der Waals surface area contributed by atoms with Crippen LogP contribution in [0.15, 0.2) is 41.4 Å². The topological polar surface area (TPSA) is 60.7 Å². The van der Waals surface area contributed by atoms with Crippen molar-refractivity contribution in [3.8, 4) is 0 Å². The Morgan fingerprint density at radius 1 is 1.22 bits per heavy atom. The van der Waals surface area contributed by atoms with Gasteiger partial charge in [0.15, 0.2) is 4.80 Å². The Morgan fingerprint density at radius 2 is 2.00 bits per heavy atom. The van der Waals surface area contributed by atoms with Crippen LogP contribution in [0, 0.1) is 0 Å². The Hall–Kier alpha value is -2.47. The molecule has 3 rings (SSSR count). The SMILES string of the molecule is CCC(=O)N=c1sc2c3ccccc3ccc2n1CC(=O)OC. The first kappa shape index (κ1) is 15.4. The average Bonchev–Trinajstić information content (AvgIpc) is 2.92. The van der Waals surface area contributed by atoms with E-state index in [4.69, 9.17) is 4.74 Å². The van der Waals surface area contributed by atoms with Crippen molar-refractivity contribution in [3.63, 3.8) is 0 Å². The number of esters is 1. The number of methoxy groups -OCH3 is 1. The molecule has 0 aliphatic carbocycles. The molecule has 0 bridgehead atoms. The molecular formula is C17H16N2O3S. The second-order valence-corrected chi connectivity index (χ2v) is 6.02. The lowest BCUT2D eigenvalue weighted by Crippen LogP contribution is -2.22. The van der Waals surface area contributed by atoms with E-state index in [1.54, 1.807) is 11.5 Å². The zero-order chi connectivity index (χ0) is 16.4. The Morgan fingerprint density at radius 3 is 2.74 bits per heavy atom. The highest BCUT2D eigenvalue weighted by atomic mass is 32.1. The van der Waals surface area contributed by atoms with Gasteiger partial charge in [-0.25, -0.2) is 0 Å². The summed E-state index contributed by atoms with van der Waals surface area (Å²) in [5.41, 5.74) is 0.877. The van der Waals surface area contributed by atoms with Crippen LogP contribution in [0.3, 0.4) is 0 Å². The van der Waals surface area contributed by atoms with Crippen LogP contribution in [-0.4, -0.2) is 23.6 Å². The first-order valence-corrected chi connectivity index (χ1v) is 8.11. The van der Waals surface area contributed by atoms with Crippen molar-refractivity contribution in [1.29, 1.82) is 0 Å². The number of carbonyl (C=O) groups is 2. The molecule has 6 heteroatoms. The quantitative estimate of drug-likeness (QED) is 0.695. The summed E-state index contributed by atoms with van der Waals surface area (Å²) in [4.78, 5) is 28.1. The third-order valence-corrected chi connectivity index (χ3v) is 4.74. The molecule has 1 aromatic heterocycles. The van der Waals surface area contributed by atoms with Crippen molar-refractivity contribution in [1.82, 2.24) is 4.57 Å². The number of fused-ring (bicyclic) bond motifs is 3. The van der Waals surface area contributed by atoms with E-state index in [1.807, 2.05) is 36.4 Å². The first-order chi connectivity index (χ1) is 11.1. The van der Waals surface area contributed by atoms with Gasteiger partial charge in [-0.3, -0.25) is 9.59 Å². The molecule has 0 aliphatic heterocycles. The van der Waals surface area contributed by atoms with Crippen molar-refractivity contribution in [2.24, 2.45) is 4.99 Å². The zero-order valence-corrected chi connectivity index (χ0v) is 13.7. The smallest absolute Gasteiger partial charge is 0.325 e. The Bertz CT molecular complexity index is 969. The minimum Gasteiger partial charge on any atom is -0.468 e. The predicted octanol–water partition coefficient (Wildman–Crippen LogP) is 2.87. The lowest BCUT2D eigenvalue weighted by atomic mass is 10.1. The minimum atomic E-state index is -0.372. The normalized spacial score (nSPS) is 12.0. The fourth-order valence-corrected chi connectivity index (χ4v) is 3.60. The lowest BCUT2D eigenvalue weighted by Gasteiger charge is -2.04. The second kappa shape index (κ2) is 6.34. The largest absolute Gasteiger partial charge is 0.468 e. The van der Waals surface area contributed by atoms with Gasteiger partial charge < -0.3 is 9.30 Å². The molecule has 0 unspecified atom stereocenters. The third-order valence-electron chi connectivity index (χ3n) is 3.61. The van der Waals surface area contributed by atoms with Gasteiger partial charge in [-0.2, -0.15) is 4.99 Å². The number of thiazole rings is 1. The number of ether oxygens (including phenoxy) is 1. The maximum Gasteiger partial charge on any atom is 0.325 e. The predicted molar refractivity (Wildman–Crippen MR) is 90.2 cm³/mol. The molecule has 0 N–H and O–H groups in total. The standard InChI is InChI=1S/C17H16N2O3S/c1-3-14(20)18-17-19(10-15(21)22-2)13-9-8-11-6-4-5-7-12(11)16(13)23-17/h4-9H,3,10H2,1-2H3. The molecule has 0 aliphatic rings. The highest BCUT2D eigenvalue weighted by Gasteiger charge is 2.13. The van der Waals surface area contributed by atoms with E-state index in [0.29, 0.717) is 11.2 Å². The summed E-state index contributed by atoms with van der Waals surface area (Å²) in [6.07, 6.45) is 0.327. The molecule has 3 aromatic rings. The van der Waals surface area contributed by atoms with Gasteiger partial charge >= 0.3 is 5.97 Å². The molecule has 23 heavy (non-hydrogen) atoms. The summed E-state index contributed by atoms with van der Waals surface area (Å²) in [6, 6.07) is 12.0. The summed E-state index contributed by atoms with van der Waals surface area (Å²) >= 11 is 1.42. The Balaban J connectivity index is 2.33. The summed E-state index contributed by atoms with van der Waals surface area (Å²) < 4.78 is 7.52. The fourth-order valence-electron chi connectivity index (χ4n) is 2.42. The minimum absolute atomic E-state index is 0.0324. The monoisotopic (exact) mass is 328 g/mol. The third kappa shape index (κ3) is 2.90. The molecule has 0 spiro atoms. The van der Waals surface area contributed by atoms with E-state index >= 15 is 0 Å². The van der Waals surface area contributed by atoms with Crippen LogP contribution < -0.4 is 4.80 Å². The van der Waals surface area contributed by atoms with Crippen LogP contribution in [0.2, 0.25) is 0 Å². The fraction of sp³-hybridized carbons (Fsp3) is 0.235. The highest BCUT2D eigenvalue weighted by molar-refractivity contribution is 7.17. The lowest BCUT2D eigenvalue weighted by molar-refractivity contribution is -0.141. The van der Waals surface area contributed by atoms with E-state index in [0.717, 1.165) is 21.0 Å². The Kier molecular flexibility index (Phi) is 4.25. The highest BCUT2D eigenvalue weighted by Crippen LogP contribution is 2.27. The molecule has 0 fully saturated rings. The van der Waals surface area contributed by atoms with E-state index in [9.17, 15) is 9.59 Å². The number of hydrogen-bond acceptors (Lipinski definition) is 4. The van der Waals surface area contributed by atoms with Crippen molar-refractivity contribution in [2.75, 3.05) is 7.11 Å². The van der Waals surface area contributed by atoms with Gasteiger partial charge in [0, 0.05) is 11.8 Å². The van der Waals surface area contributed by atoms with Gasteiger partial charge in [0.1, 0.15) is 6.54 Å². The molecule has 5 nitrogen and oxygen atoms in total. The number of amides is 1. The number of benzene rings is 2. The van der Waals surface area contributed by atoms with E-state index in [2.05, 4.69) is 4.99 Å². The summed E-state index contributed by atoms with van der Waals surface area (Å²) in [5, 5.41) is 2.19. The van der Waals surface area contributed by atoms with Crippen molar-refractivity contribution in [2.45, 2.75) is 19.9 Å². The average molecular weight is 328 g/mol. The number of rotatable bonds is 3. The number of hydrogen-bond donors (Lipinski definition) is 0. The van der Waals surface area contributed by atoms with Crippen LogP contribution >= 0.6 is 11.3 Å². The zero-order valence-electron chi connectivity index (χ0n) is 12.9. The van der Waals surface area contributed by atoms with Crippen molar-refractivity contribution < 1.29 is 14.3 Å². The van der Waals surface area contributed by atoms with Gasteiger partial charge in [-0.05, 0) is 11.5 Å². The van der Waals surface area contributed by atoms with Crippen LogP contribution in [0.5, 0.6) is 0 Å². The molecule has 1 amide bonds. The van der Waals surface area contributed by atoms with Gasteiger partial charge in [0.2, 0.25) is 5.91 Å². The Labute approximate surface area is 136 Å². The summed E-state index contributed by atoms with van der Waals surface area (Å²) in [6.45, 7) is 1.80. The van der Waals surface area contributed by atoms with Crippen LogP contribution in [0.25, 0.3) is 21.0 Å². The molecule has 0 radical (unpaired) electrons. The van der Waals surface area contributed by atoms with Crippen molar-refractivity contribution >= 4 is 44.2 Å². The number of aromatic nitrogens is 1. The molecule has 0 saturated heterocycles. The van der Waals surface area contributed by atoms with Crippen LogP contribution in [0.1, 0.15) is 13.3 Å². The molecule has 1 heterocycles. The maximum absolute atomic E-state index is 11.7. The second-order valence-electron chi connectivity index (χ2n) is 5.04. The maximum atomic E-state index is 11.7. The van der Waals surface area contributed by atoms with Crippen LogP contribution in [-0.2, 0) is 20.9 Å². The van der Waals surface area contributed by atoms with Gasteiger partial charge in [-0.1, -0.05) is 48.6 Å². The van der Waals surface area contributed by atoms with Gasteiger partial charge in [-0.15, -0.1) is 0 Å². The number of carbonyl (C=O) groups excluding carboxylic acids is 2. The molecular weight excluding hydrogens is 312 g/mol. The van der Waals surface area contributed by atoms with Gasteiger partial charge in [0.25, 0.3) is 0 Å². The van der Waals surface area contributed by atoms with E-state index in [1.165, 1.54) is 18.4 Å². The summed E-state index contributed by atoms with van der Waals surface area (Å²) in [7, 11) is 1.35. The first-order valence-electron chi connectivity index (χ1n) is 7.29. The number of nitrogens with zero attached hydrogens (tertiary/aromatic N) is 2. The molecule has 0 saturated carbocycles. The molecule has 0 atom stereocenters.